The van der Waals surface area contributed by atoms with Gasteiger partial charge in [-0.1, -0.05) is 24.2 Å². The van der Waals surface area contributed by atoms with Crippen LogP contribution in [0.15, 0.2) is 54.7 Å². The molecule has 0 aliphatic carbocycles. The van der Waals surface area contributed by atoms with E-state index in [-0.39, 0.29) is 23.3 Å². The third kappa shape index (κ3) is 7.12. The second-order valence-corrected chi connectivity index (χ2v) is 6.87. The van der Waals surface area contributed by atoms with Crippen molar-refractivity contribution in [3.05, 3.63) is 71.1 Å². The minimum Gasteiger partial charge on any atom is -0.484 e. The summed E-state index contributed by atoms with van der Waals surface area (Å²) in [7, 11) is 3.80. The van der Waals surface area contributed by atoms with Gasteiger partial charge in [0.25, 0.3) is 11.8 Å². The Morgan fingerprint density at radius 1 is 1.21 bits per heavy atom. The van der Waals surface area contributed by atoms with Crippen molar-refractivity contribution in [3.63, 3.8) is 0 Å². The van der Waals surface area contributed by atoms with Crippen molar-refractivity contribution >= 4 is 29.1 Å². The van der Waals surface area contributed by atoms with E-state index in [9.17, 15) is 14.0 Å². The molecule has 0 heterocycles. The van der Waals surface area contributed by atoms with E-state index in [4.69, 9.17) is 16.3 Å². The van der Waals surface area contributed by atoms with Gasteiger partial charge in [0.1, 0.15) is 11.6 Å². The molecule has 0 aliphatic heterocycles. The normalized spacial score (nSPS) is 10.2. The number of nitrogens with one attached hydrogen (secondary N) is 2. The molecule has 0 bridgehead atoms. The summed E-state index contributed by atoms with van der Waals surface area (Å²) in [6, 6.07) is 11.2. The van der Waals surface area contributed by atoms with Crippen molar-refractivity contribution in [3.8, 4) is 5.75 Å². The molecule has 0 saturated heterocycles. The van der Waals surface area contributed by atoms with Gasteiger partial charge in [0, 0.05) is 50.1 Å². The predicted molar refractivity (Wildman–Crippen MR) is 112 cm³/mol. The number of carbonyl (C=O) groups is 2. The maximum absolute atomic E-state index is 13.3. The Hall–Kier alpha value is -3.06. The number of anilines is 1. The van der Waals surface area contributed by atoms with E-state index in [0.717, 1.165) is 11.8 Å². The molecule has 0 fully saturated rings. The van der Waals surface area contributed by atoms with E-state index < -0.39 is 11.7 Å². The lowest BCUT2D eigenvalue weighted by molar-refractivity contribution is -0.122. The fourth-order valence-corrected chi connectivity index (χ4v) is 2.48. The van der Waals surface area contributed by atoms with Gasteiger partial charge >= 0.3 is 0 Å². The number of ether oxygens (including phenoxy) is 1. The molecule has 0 radical (unpaired) electrons. The summed E-state index contributed by atoms with van der Waals surface area (Å²) in [6.45, 7) is 3.77. The summed E-state index contributed by atoms with van der Waals surface area (Å²) >= 11 is 5.59. The fraction of sp³-hybridized carbons (Fsp3) is 0.238. The van der Waals surface area contributed by atoms with Gasteiger partial charge in [0.15, 0.2) is 6.61 Å². The number of carbonyl (C=O) groups excluding carboxylic acids is 2. The Morgan fingerprint density at radius 2 is 1.97 bits per heavy atom. The molecule has 0 spiro atoms. The zero-order valence-electron chi connectivity index (χ0n) is 16.3. The lowest BCUT2D eigenvalue weighted by atomic mass is 10.2. The van der Waals surface area contributed by atoms with Gasteiger partial charge in [-0.3, -0.25) is 9.59 Å². The van der Waals surface area contributed by atoms with Crippen LogP contribution in [-0.2, 0) is 4.79 Å². The smallest absolute Gasteiger partial charge is 0.262 e. The van der Waals surface area contributed by atoms with E-state index in [1.54, 1.807) is 12.1 Å². The van der Waals surface area contributed by atoms with Crippen molar-refractivity contribution in [2.75, 3.05) is 32.1 Å². The SMILES string of the molecule is C=C(CCNC(=O)c1cccc(N(C)C)c1)NC(=O)COc1ccc(Cl)c(F)c1. The summed E-state index contributed by atoms with van der Waals surface area (Å²) in [4.78, 5) is 26.0. The third-order valence-corrected chi connectivity index (χ3v) is 4.22. The van der Waals surface area contributed by atoms with Crippen molar-refractivity contribution in [2.45, 2.75) is 6.42 Å². The van der Waals surface area contributed by atoms with Crippen molar-refractivity contribution in [1.29, 1.82) is 0 Å². The summed E-state index contributed by atoms with van der Waals surface area (Å²) in [5.74, 6) is -1.07. The van der Waals surface area contributed by atoms with Gasteiger partial charge in [0.05, 0.1) is 5.02 Å². The first-order valence-electron chi connectivity index (χ1n) is 8.87. The number of amides is 2. The second-order valence-electron chi connectivity index (χ2n) is 6.47. The molecular formula is C21H23ClFN3O3. The van der Waals surface area contributed by atoms with Gasteiger partial charge in [-0.05, 0) is 30.3 Å². The van der Waals surface area contributed by atoms with Gasteiger partial charge in [-0.15, -0.1) is 0 Å². The van der Waals surface area contributed by atoms with Gasteiger partial charge in [-0.2, -0.15) is 0 Å². The van der Waals surface area contributed by atoms with Gasteiger partial charge in [-0.25, -0.2) is 4.39 Å². The number of rotatable bonds is 9. The Morgan fingerprint density at radius 3 is 2.66 bits per heavy atom. The quantitative estimate of drug-likeness (QED) is 0.653. The summed E-state index contributed by atoms with van der Waals surface area (Å²) in [5.41, 5.74) is 1.91. The standard InChI is InChI=1S/C21H23ClFN3O3/c1-14(25-20(27)13-29-17-7-8-18(22)19(23)12-17)9-10-24-21(28)15-5-4-6-16(11-15)26(2)3/h4-8,11-12H,1,9-10,13H2,2-3H3,(H,24,28)(H,25,27). The molecule has 6 nitrogen and oxygen atoms in total. The second kappa shape index (κ2) is 10.5. The maximum atomic E-state index is 13.3. The Bertz CT molecular complexity index is 902. The van der Waals surface area contributed by atoms with E-state index in [1.165, 1.54) is 12.1 Å². The molecule has 0 unspecified atom stereocenters. The van der Waals surface area contributed by atoms with Crippen LogP contribution in [-0.4, -0.2) is 39.1 Å². The molecule has 2 aromatic rings. The van der Waals surface area contributed by atoms with Crippen LogP contribution in [0.4, 0.5) is 10.1 Å². The van der Waals surface area contributed by atoms with Crippen LogP contribution in [0, 0.1) is 5.82 Å². The van der Waals surface area contributed by atoms with Crippen LogP contribution in [0.2, 0.25) is 5.02 Å². The number of benzene rings is 2. The summed E-state index contributed by atoms with van der Waals surface area (Å²) in [6.07, 6.45) is 0.362. The highest BCUT2D eigenvalue weighted by atomic mass is 35.5. The average molecular weight is 420 g/mol. The van der Waals surface area contributed by atoms with Crippen LogP contribution in [0.1, 0.15) is 16.8 Å². The van der Waals surface area contributed by atoms with Crippen LogP contribution in [0.5, 0.6) is 5.75 Å². The zero-order valence-corrected chi connectivity index (χ0v) is 17.1. The topological polar surface area (TPSA) is 70.7 Å². The summed E-state index contributed by atoms with van der Waals surface area (Å²) in [5, 5.41) is 5.34. The minimum atomic E-state index is -0.624. The Balaban J connectivity index is 1.72. The lowest BCUT2D eigenvalue weighted by Gasteiger charge is -2.14. The van der Waals surface area contributed by atoms with E-state index in [1.807, 2.05) is 31.1 Å². The molecule has 8 heteroatoms. The molecule has 2 rings (SSSR count). The Labute approximate surface area is 174 Å². The minimum absolute atomic E-state index is 0.0225. The molecule has 2 aromatic carbocycles. The molecule has 0 aliphatic rings. The van der Waals surface area contributed by atoms with Crippen molar-refractivity contribution in [2.24, 2.45) is 0 Å². The molecule has 0 atom stereocenters. The van der Waals surface area contributed by atoms with Crippen molar-refractivity contribution in [1.82, 2.24) is 10.6 Å². The molecule has 154 valence electrons. The fourth-order valence-electron chi connectivity index (χ4n) is 2.37. The Kier molecular flexibility index (Phi) is 8.03. The maximum Gasteiger partial charge on any atom is 0.262 e. The lowest BCUT2D eigenvalue weighted by Crippen LogP contribution is -2.31. The first-order valence-corrected chi connectivity index (χ1v) is 9.25. The predicted octanol–water partition coefficient (Wildman–Crippen LogP) is 3.37. The average Bonchev–Trinajstić information content (AvgIpc) is 2.68. The van der Waals surface area contributed by atoms with Crippen molar-refractivity contribution < 1.29 is 18.7 Å². The van der Waals surface area contributed by atoms with Crippen LogP contribution < -0.4 is 20.3 Å². The molecule has 0 aromatic heterocycles. The van der Waals surface area contributed by atoms with E-state index in [0.29, 0.717) is 24.2 Å². The highest BCUT2D eigenvalue weighted by molar-refractivity contribution is 6.30. The summed E-state index contributed by atoms with van der Waals surface area (Å²) < 4.78 is 18.5. The highest BCUT2D eigenvalue weighted by Gasteiger charge is 2.09. The first kappa shape index (κ1) is 22.2. The largest absolute Gasteiger partial charge is 0.484 e. The van der Waals surface area contributed by atoms with E-state index >= 15 is 0 Å². The van der Waals surface area contributed by atoms with Gasteiger partial charge < -0.3 is 20.3 Å². The van der Waals surface area contributed by atoms with E-state index in [2.05, 4.69) is 17.2 Å². The number of nitrogens with zero attached hydrogens (tertiary/aromatic N) is 1. The van der Waals surface area contributed by atoms with Crippen LogP contribution >= 0.6 is 11.6 Å². The molecule has 0 saturated carbocycles. The number of hydrogen-bond donors (Lipinski definition) is 2. The molecule has 2 N–H and O–H groups in total. The monoisotopic (exact) mass is 419 g/mol. The third-order valence-electron chi connectivity index (χ3n) is 3.91. The number of hydrogen-bond acceptors (Lipinski definition) is 4. The zero-order chi connectivity index (χ0) is 21.4. The number of halogens is 2. The molecular weight excluding hydrogens is 397 g/mol. The first-order chi connectivity index (χ1) is 13.8. The molecule has 2 amide bonds. The van der Waals surface area contributed by atoms with Gasteiger partial charge in [0.2, 0.25) is 0 Å². The van der Waals surface area contributed by atoms with Crippen LogP contribution in [0.3, 0.4) is 0 Å². The highest BCUT2D eigenvalue weighted by Crippen LogP contribution is 2.20. The molecule has 29 heavy (non-hydrogen) atoms. The van der Waals surface area contributed by atoms with Crippen LogP contribution in [0.25, 0.3) is 0 Å².